The van der Waals surface area contributed by atoms with Crippen LogP contribution in [0, 0.1) is 38.7 Å². The number of nitrogens with zero attached hydrogens (tertiary/aromatic N) is 2. The van der Waals surface area contributed by atoms with Crippen molar-refractivity contribution in [2.45, 2.75) is 43.9 Å². The van der Waals surface area contributed by atoms with Crippen LogP contribution in [0.25, 0.3) is 0 Å². The summed E-state index contributed by atoms with van der Waals surface area (Å²) in [4.78, 5) is 36.1. The van der Waals surface area contributed by atoms with Gasteiger partial charge in [0.1, 0.15) is 6.07 Å². The minimum Gasteiger partial charge on any atom is -0.455 e. The van der Waals surface area contributed by atoms with Gasteiger partial charge in [0.05, 0.1) is 21.6 Å². The molecular formula is C26H25N3O5. The molecule has 4 aliphatic carbocycles. The van der Waals surface area contributed by atoms with E-state index in [2.05, 4.69) is 29.6 Å². The van der Waals surface area contributed by atoms with E-state index in [0.717, 1.165) is 44.6 Å². The van der Waals surface area contributed by atoms with Gasteiger partial charge in [-0.25, -0.2) is 0 Å². The molecule has 4 saturated carbocycles. The molecule has 0 saturated heterocycles. The molecule has 2 unspecified atom stereocenters. The maximum Gasteiger partial charge on any atom is 0.312 e. The number of hydrogen-bond acceptors (Lipinski definition) is 6. The largest absolute Gasteiger partial charge is 0.455 e. The molecule has 8 heteroatoms. The Morgan fingerprint density at radius 2 is 1.82 bits per heavy atom. The fourth-order valence-corrected chi connectivity index (χ4v) is 6.95. The highest BCUT2D eigenvalue weighted by molar-refractivity contribution is 5.94. The standard InChI is InChI=1S/C26H25N3O5/c27-14-19-9-21(29(32)33)6-7-22(19)28-23(30)15-34-24(31)26-12-17-8-18(13-26)11-25(10-17,16-26)20-4-2-1-3-5-20/h1-7,9,17-18H,8,10-13,15-16H2,(H,28,30). The molecule has 0 aromatic heterocycles. The average Bonchev–Trinajstić information content (AvgIpc) is 2.82. The lowest BCUT2D eigenvalue weighted by Crippen LogP contribution is -2.57. The quantitative estimate of drug-likeness (QED) is 0.386. The number of nitro groups is 1. The summed E-state index contributed by atoms with van der Waals surface area (Å²) in [6.07, 6.45) is 5.71. The topological polar surface area (TPSA) is 122 Å². The van der Waals surface area contributed by atoms with Crippen LogP contribution in [-0.2, 0) is 19.7 Å². The highest BCUT2D eigenvalue weighted by Crippen LogP contribution is 2.66. The van der Waals surface area contributed by atoms with Crippen LogP contribution < -0.4 is 5.32 Å². The Morgan fingerprint density at radius 1 is 1.12 bits per heavy atom. The third-order valence-electron chi connectivity index (χ3n) is 7.82. The second-order valence-electron chi connectivity index (χ2n) is 10.1. The molecule has 1 N–H and O–H groups in total. The molecule has 4 bridgehead atoms. The maximum absolute atomic E-state index is 13.3. The number of hydrogen-bond donors (Lipinski definition) is 1. The second-order valence-corrected chi connectivity index (χ2v) is 10.1. The number of ether oxygens (including phenoxy) is 1. The first-order chi connectivity index (χ1) is 16.3. The first kappa shape index (κ1) is 22.1. The summed E-state index contributed by atoms with van der Waals surface area (Å²) in [6, 6.07) is 15.9. The van der Waals surface area contributed by atoms with Crippen molar-refractivity contribution in [1.29, 1.82) is 5.26 Å². The van der Waals surface area contributed by atoms with Crippen LogP contribution in [0.1, 0.15) is 49.7 Å². The number of carbonyl (C=O) groups is 2. The Hall–Kier alpha value is -3.73. The highest BCUT2D eigenvalue weighted by Gasteiger charge is 2.61. The number of amides is 1. The lowest BCUT2D eigenvalue weighted by Gasteiger charge is -2.61. The number of nitrogens with one attached hydrogen (secondary N) is 1. The Labute approximate surface area is 197 Å². The van der Waals surface area contributed by atoms with E-state index in [1.54, 1.807) is 0 Å². The van der Waals surface area contributed by atoms with Gasteiger partial charge in [-0.05, 0) is 67.4 Å². The average molecular weight is 460 g/mol. The predicted octanol–water partition coefficient (Wildman–Crippen LogP) is 4.49. The van der Waals surface area contributed by atoms with Gasteiger partial charge in [0.15, 0.2) is 6.61 Å². The Morgan fingerprint density at radius 3 is 2.47 bits per heavy atom. The normalized spacial score (nSPS) is 28.7. The van der Waals surface area contributed by atoms with Crippen molar-refractivity contribution in [3.63, 3.8) is 0 Å². The van der Waals surface area contributed by atoms with E-state index in [0.29, 0.717) is 11.8 Å². The molecule has 0 aliphatic heterocycles. The lowest BCUT2D eigenvalue weighted by molar-refractivity contribution is -0.384. The van der Waals surface area contributed by atoms with E-state index in [-0.39, 0.29) is 28.3 Å². The molecule has 1 amide bonds. The van der Waals surface area contributed by atoms with Crippen molar-refractivity contribution < 1.29 is 19.2 Å². The van der Waals surface area contributed by atoms with Gasteiger partial charge in [-0.15, -0.1) is 0 Å². The van der Waals surface area contributed by atoms with Crippen molar-refractivity contribution in [1.82, 2.24) is 0 Å². The Bertz CT molecular complexity index is 1190. The van der Waals surface area contributed by atoms with Crippen LogP contribution in [0.15, 0.2) is 48.5 Å². The number of non-ortho nitro benzene ring substituents is 1. The summed E-state index contributed by atoms with van der Waals surface area (Å²) >= 11 is 0. The number of rotatable bonds is 6. The van der Waals surface area contributed by atoms with Crippen LogP contribution >= 0.6 is 0 Å². The summed E-state index contributed by atoms with van der Waals surface area (Å²) in [7, 11) is 0. The number of esters is 1. The third-order valence-corrected chi connectivity index (χ3v) is 7.82. The van der Waals surface area contributed by atoms with Crippen LogP contribution in [-0.4, -0.2) is 23.4 Å². The fourth-order valence-electron chi connectivity index (χ4n) is 6.95. The van der Waals surface area contributed by atoms with E-state index >= 15 is 0 Å². The van der Waals surface area contributed by atoms with Gasteiger partial charge in [0, 0.05) is 12.1 Å². The molecular weight excluding hydrogens is 434 g/mol. The number of carbonyl (C=O) groups excluding carboxylic acids is 2. The van der Waals surface area contributed by atoms with Crippen molar-refractivity contribution in [3.05, 3.63) is 69.8 Å². The smallest absolute Gasteiger partial charge is 0.312 e. The summed E-state index contributed by atoms with van der Waals surface area (Å²) < 4.78 is 5.54. The molecule has 174 valence electrons. The van der Waals surface area contributed by atoms with Gasteiger partial charge in [0.25, 0.3) is 11.6 Å². The van der Waals surface area contributed by atoms with Crippen molar-refractivity contribution >= 4 is 23.3 Å². The molecule has 8 nitrogen and oxygen atoms in total. The minimum atomic E-state index is -0.609. The van der Waals surface area contributed by atoms with Crippen molar-refractivity contribution in [2.75, 3.05) is 11.9 Å². The summed E-state index contributed by atoms with van der Waals surface area (Å²) in [5.74, 6) is 0.0738. The molecule has 0 spiro atoms. The van der Waals surface area contributed by atoms with E-state index < -0.39 is 22.9 Å². The molecule has 0 heterocycles. The summed E-state index contributed by atoms with van der Waals surface area (Å²) in [5, 5.41) is 22.7. The summed E-state index contributed by atoms with van der Waals surface area (Å²) in [5.41, 5.74) is 0.599. The van der Waals surface area contributed by atoms with Crippen LogP contribution in [0.3, 0.4) is 0 Å². The van der Waals surface area contributed by atoms with Gasteiger partial charge in [0.2, 0.25) is 0 Å². The zero-order valence-corrected chi connectivity index (χ0v) is 18.7. The van der Waals surface area contributed by atoms with Crippen LogP contribution in [0.5, 0.6) is 0 Å². The second kappa shape index (κ2) is 8.24. The van der Waals surface area contributed by atoms with Crippen LogP contribution in [0.4, 0.5) is 11.4 Å². The van der Waals surface area contributed by atoms with Crippen molar-refractivity contribution in [3.8, 4) is 6.07 Å². The molecule has 6 rings (SSSR count). The molecule has 4 fully saturated rings. The number of nitriles is 1. The van der Waals surface area contributed by atoms with E-state index in [1.807, 2.05) is 12.1 Å². The van der Waals surface area contributed by atoms with Crippen molar-refractivity contribution in [2.24, 2.45) is 17.3 Å². The van der Waals surface area contributed by atoms with Gasteiger partial charge in [-0.3, -0.25) is 19.7 Å². The highest BCUT2D eigenvalue weighted by atomic mass is 16.6. The minimum absolute atomic E-state index is 0.00687. The van der Waals surface area contributed by atoms with E-state index in [1.165, 1.54) is 17.7 Å². The number of nitro benzene ring substituents is 1. The predicted molar refractivity (Wildman–Crippen MR) is 123 cm³/mol. The maximum atomic E-state index is 13.3. The molecule has 2 aromatic carbocycles. The van der Waals surface area contributed by atoms with Gasteiger partial charge in [-0.1, -0.05) is 30.3 Å². The molecule has 4 aliphatic rings. The molecule has 2 aromatic rings. The fraction of sp³-hybridized carbons (Fsp3) is 0.423. The van der Waals surface area contributed by atoms with Gasteiger partial charge < -0.3 is 10.1 Å². The molecule has 0 radical (unpaired) electrons. The Kier molecular flexibility index (Phi) is 5.35. The number of benzene rings is 2. The first-order valence-corrected chi connectivity index (χ1v) is 11.5. The zero-order chi connectivity index (χ0) is 23.9. The summed E-state index contributed by atoms with van der Waals surface area (Å²) in [6.45, 7) is -0.462. The lowest BCUT2D eigenvalue weighted by atomic mass is 9.43. The number of anilines is 1. The van der Waals surface area contributed by atoms with E-state index in [9.17, 15) is 25.0 Å². The van der Waals surface area contributed by atoms with Gasteiger partial charge >= 0.3 is 5.97 Å². The first-order valence-electron chi connectivity index (χ1n) is 11.5. The monoisotopic (exact) mass is 459 g/mol. The third kappa shape index (κ3) is 3.81. The Balaban J connectivity index is 1.27. The molecule has 34 heavy (non-hydrogen) atoms. The SMILES string of the molecule is N#Cc1cc([N+](=O)[O-])ccc1NC(=O)COC(=O)C12CC3CC(C1)CC(c1ccccc1)(C3)C2. The molecule has 2 atom stereocenters. The van der Waals surface area contributed by atoms with E-state index in [4.69, 9.17) is 4.74 Å². The zero-order valence-electron chi connectivity index (χ0n) is 18.7. The van der Waals surface area contributed by atoms with Gasteiger partial charge in [-0.2, -0.15) is 5.26 Å². The van der Waals surface area contributed by atoms with Crippen LogP contribution in [0.2, 0.25) is 0 Å².